The first-order valence-corrected chi connectivity index (χ1v) is 6.51. The number of nitrogens with zero attached hydrogens (tertiary/aromatic N) is 1. The van der Waals surface area contributed by atoms with Gasteiger partial charge in [-0.25, -0.2) is 0 Å². The summed E-state index contributed by atoms with van der Waals surface area (Å²) in [5.74, 6) is 0.727. The normalized spacial score (nSPS) is 14.1. The predicted molar refractivity (Wildman–Crippen MR) is 67.4 cm³/mol. The van der Waals surface area contributed by atoms with Crippen LogP contribution in [-0.2, 0) is 6.42 Å². The third kappa shape index (κ3) is 5.28. The average Bonchev–Trinajstić information content (AvgIpc) is 2.63. The summed E-state index contributed by atoms with van der Waals surface area (Å²) in [5.41, 5.74) is 2.14. The number of hydrogen-bond donors (Lipinski definition) is 1. The van der Waals surface area contributed by atoms with E-state index in [-0.39, 0.29) is 5.54 Å². The van der Waals surface area contributed by atoms with Crippen LogP contribution in [0, 0.1) is 5.92 Å². The zero-order valence-corrected chi connectivity index (χ0v) is 11.0. The van der Waals surface area contributed by atoms with Crippen LogP contribution in [0.3, 0.4) is 0 Å². The molecule has 1 N–H and O–H groups in total. The Morgan fingerprint density at radius 2 is 2.20 bits per heavy atom. The molecule has 0 fully saturated rings. The number of thiazole rings is 1. The highest BCUT2D eigenvalue weighted by molar-refractivity contribution is 7.09. The SMILES string of the molecule is CCC(CNC(C)(C)C)Cc1cncs1. The van der Waals surface area contributed by atoms with Crippen molar-refractivity contribution in [1.82, 2.24) is 10.3 Å². The van der Waals surface area contributed by atoms with Gasteiger partial charge in [0.1, 0.15) is 0 Å². The topological polar surface area (TPSA) is 24.9 Å². The summed E-state index contributed by atoms with van der Waals surface area (Å²) in [7, 11) is 0. The van der Waals surface area contributed by atoms with E-state index in [0.717, 1.165) is 18.9 Å². The molecule has 1 heterocycles. The Kier molecular flexibility index (Phi) is 4.74. The summed E-state index contributed by atoms with van der Waals surface area (Å²) in [6.45, 7) is 10.00. The van der Waals surface area contributed by atoms with E-state index in [9.17, 15) is 0 Å². The molecule has 1 rings (SSSR count). The fourth-order valence-electron chi connectivity index (χ4n) is 1.44. The number of aromatic nitrogens is 1. The minimum atomic E-state index is 0.223. The van der Waals surface area contributed by atoms with E-state index in [0.29, 0.717) is 0 Å². The Morgan fingerprint density at radius 1 is 1.47 bits per heavy atom. The third-order valence-electron chi connectivity index (χ3n) is 2.47. The maximum Gasteiger partial charge on any atom is 0.0794 e. The zero-order valence-electron chi connectivity index (χ0n) is 10.2. The monoisotopic (exact) mass is 226 g/mol. The van der Waals surface area contributed by atoms with Gasteiger partial charge in [-0.3, -0.25) is 4.98 Å². The van der Waals surface area contributed by atoms with Crippen LogP contribution in [0.2, 0.25) is 0 Å². The molecule has 0 aliphatic carbocycles. The van der Waals surface area contributed by atoms with Crippen LogP contribution in [0.5, 0.6) is 0 Å². The number of rotatable bonds is 5. The maximum absolute atomic E-state index is 4.12. The van der Waals surface area contributed by atoms with Gasteiger partial charge in [0.25, 0.3) is 0 Å². The van der Waals surface area contributed by atoms with Gasteiger partial charge in [-0.05, 0) is 39.7 Å². The first-order chi connectivity index (χ1) is 7.01. The summed E-state index contributed by atoms with van der Waals surface area (Å²) < 4.78 is 0. The Balaban J connectivity index is 2.36. The van der Waals surface area contributed by atoms with E-state index in [4.69, 9.17) is 0 Å². The van der Waals surface area contributed by atoms with Gasteiger partial charge >= 0.3 is 0 Å². The lowest BCUT2D eigenvalue weighted by Gasteiger charge is -2.24. The highest BCUT2D eigenvalue weighted by Gasteiger charge is 2.13. The highest BCUT2D eigenvalue weighted by atomic mass is 32.1. The van der Waals surface area contributed by atoms with Gasteiger partial charge in [-0.15, -0.1) is 11.3 Å². The minimum absolute atomic E-state index is 0.223. The Bertz CT molecular complexity index is 262. The second-order valence-electron chi connectivity index (χ2n) is 5.08. The lowest BCUT2D eigenvalue weighted by molar-refractivity contribution is 0.364. The van der Waals surface area contributed by atoms with E-state index in [1.54, 1.807) is 11.3 Å². The molecule has 1 aromatic rings. The number of nitrogens with one attached hydrogen (secondary N) is 1. The molecular weight excluding hydrogens is 204 g/mol. The van der Waals surface area contributed by atoms with E-state index in [1.165, 1.54) is 11.3 Å². The van der Waals surface area contributed by atoms with Crippen molar-refractivity contribution in [3.8, 4) is 0 Å². The molecule has 0 radical (unpaired) electrons. The maximum atomic E-state index is 4.12. The molecule has 0 spiro atoms. The number of hydrogen-bond acceptors (Lipinski definition) is 3. The smallest absolute Gasteiger partial charge is 0.0794 e. The lowest BCUT2D eigenvalue weighted by Crippen LogP contribution is -2.39. The van der Waals surface area contributed by atoms with E-state index < -0.39 is 0 Å². The Labute approximate surface area is 97.1 Å². The molecule has 0 amide bonds. The van der Waals surface area contributed by atoms with Crippen molar-refractivity contribution in [2.24, 2.45) is 5.92 Å². The molecule has 2 nitrogen and oxygen atoms in total. The third-order valence-corrected chi connectivity index (χ3v) is 3.27. The minimum Gasteiger partial charge on any atom is -0.312 e. The van der Waals surface area contributed by atoms with Crippen molar-refractivity contribution in [3.05, 3.63) is 16.6 Å². The van der Waals surface area contributed by atoms with Gasteiger partial charge in [0.15, 0.2) is 0 Å². The molecule has 0 aromatic carbocycles. The molecule has 0 saturated heterocycles. The Hall–Kier alpha value is -0.410. The first kappa shape index (κ1) is 12.7. The molecule has 1 atom stereocenters. The van der Waals surface area contributed by atoms with Crippen LogP contribution in [0.15, 0.2) is 11.7 Å². The lowest BCUT2D eigenvalue weighted by atomic mass is 9.99. The van der Waals surface area contributed by atoms with Crippen molar-refractivity contribution < 1.29 is 0 Å². The van der Waals surface area contributed by atoms with Crippen molar-refractivity contribution in [2.45, 2.75) is 46.1 Å². The molecule has 0 aliphatic heterocycles. The average molecular weight is 226 g/mol. The van der Waals surface area contributed by atoms with Crippen molar-refractivity contribution in [3.63, 3.8) is 0 Å². The fraction of sp³-hybridized carbons (Fsp3) is 0.750. The molecule has 1 unspecified atom stereocenters. The van der Waals surface area contributed by atoms with Crippen molar-refractivity contribution in [1.29, 1.82) is 0 Å². The molecule has 86 valence electrons. The standard InChI is InChI=1S/C12H22N2S/c1-5-10(7-14-12(2,3)4)6-11-8-13-9-15-11/h8-10,14H,5-7H2,1-4H3. The highest BCUT2D eigenvalue weighted by Crippen LogP contribution is 2.15. The largest absolute Gasteiger partial charge is 0.312 e. The summed E-state index contributed by atoms with van der Waals surface area (Å²) in [6.07, 6.45) is 4.37. The summed E-state index contributed by atoms with van der Waals surface area (Å²) in [5, 5.41) is 3.57. The molecule has 0 bridgehead atoms. The van der Waals surface area contributed by atoms with Gasteiger partial charge in [-0.1, -0.05) is 13.3 Å². The second-order valence-corrected chi connectivity index (χ2v) is 6.05. The quantitative estimate of drug-likeness (QED) is 0.834. The zero-order chi connectivity index (χ0) is 11.3. The van der Waals surface area contributed by atoms with E-state index in [2.05, 4.69) is 38.0 Å². The summed E-state index contributed by atoms with van der Waals surface area (Å²) in [6, 6.07) is 0. The molecule has 3 heteroatoms. The van der Waals surface area contributed by atoms with Crippen LogP contribution in [0.4, 0.5) is 0 Å². The second kappa shape index (κ2) is 5.61. The van der Waals surface area contributed by atoms with Crippen LogP contribution in [-0.4, -0.2) is 17.1 Å². The predicted octanol–water partition coefficient (Wildman–Crippen LogP) is 3.10. The van der Waals surface area contributed by atoms with Gasteiger partial charge in [0.2, 0.25) is 0 Å². The van der Waals surface area contributed by atoms with Gasteiger partial charge in [0, 0.05) is 16.6 Å². The van der Waals surface area contributed by atoms with E-state index >= 15 is 0 Å². The fourth-order valence-corrected chi connectivity index (χ4v) is 2.15. The van der Waals surface area contributed by atoms with Crippen molar-refractivity contribution >= 4 is 11.3 Å². The van der Waals surface area contributed by atoms with Crippen LogP contribution in [0.1, 0.15) is 39.0 Å². The van der Waals surface area contributed by atoms with Crippen molar-refractivity contribution in [2.75, 3.05) is 6.54 Å². The summed E-state index contributed by atoms with van der Waals surface area (Å²) >= 11 is 1.76. The molecule has 15 heavy (non-hydrogen) atoms. The van der Waals surface area contributed by atoms with Crippen LogP contribution >= 0.6 is 11.3 Å². The molecule has 1 aromatic heterocycles. The Morgan fingerprint density at radius 3 is 2.67 bits per heavy atom. The van der Waals surface area contributed by atoms with Crippen LogP contribution < -0.4 is 5.32 Å². The van der Waals surface area contributed by atoms with E-state index in [1.807, 2.05) is 11.7 Å². The van der Waals surface area contributed by atoms with Crippen LogP contribution in [0.25, 0.3) is 0 Å². The first-order valence-electron chi connectivity index (χ1n) is 5.63. The summed E-state index contributed by atoms with van der Waals surface area (Å²) in [4.78, 5) is 5.52. The molecular formula is C12H22N2S. The van der Waals surface area contributed by atoms with Gasteiger partial charge < -0.3 is 5.32 Å². The molecule has 0 saturated carbocycles. The van der Waals surface area contributed by atoms with Gasteiger partial charge in [0.05, 0.1) is 5.51 Å². The van der Waals surface area contributed by atoms with Gasteiger partial charge in [-0.2, -0.15) is 0 Å². The molecule has 0 aliphatic rings.